The van der Waals surface area contributed by atoms with Crippen molar-refractivity contribution in [2.24, 2.45) is 16.7 Å². The van der Waals surface area contributed by atoms with E-state index in [4.69, 9.17) is 0 Å². The molecule has 1 unspecified atom stereocenters. The molecule has 0 saturated carbocycles. The lowest BCUT2D eigenvalue weighted by atomic mass is 9.62. The van der Waals surface area contributed by atoms with Crippen LogP contribution in [0, 0.1) is 16.7 Å². The lowest BCUT2D eigenvalue weighted by Gasteiger charge is -2.43. The molecule has 0 amide bonds. The van der Waals surface area contributed by atoms with Gasteiger partial charge in [0.2, 0.25) is 0 Å². The average molecular weight is 168 g/mol. The first-order chi connectivity index (χ1) is 5.23. The molecule has 0 aliphatic carbocycles. The first kappa shape index (κ1) is 11.7. The molecule has 0 aliphatic heterocycles. The number of hydrogen-bond acceptors (Lipinski definition) is 0. The van der Waals surface area contributed by atoms with Crippen LogP contribution in [0.15, 0.2) is 12.7 Å². The Kier molecular flexibility index (Phi) is 3.56. The first-order valence-electron chi connectivity index (χ1n) is 4.84. The lowest BCUT2D eigenvalue weighted by molar-refractivity contribution is 0.0655. The van der Waals surface area contributed by atoms with Crippen LogP contribution in [0.1, 0.15) is 48.0 Å². The van der Waals surface area contributed by atoms with Gasteiger partial charge in [0.05, 0.1) is 0 Å². The maximum Gasteiger partial charge on any atom is -0.0277 e. The van der Waals surface area contributed by atoms with Crippen molar-refractivity contribution >= 4 is 0 Å². The van der Waals surface area contributed by atoms with E-state index in [-0.39, 0.29) is 0 Å². The van der Waals surface area contributed by atoms with Crippen LogP contribution in [-0.2, 0) is 0 Å². The van der Waals surface area contributed by atoms with E-state index in [0.717, 1.165) is 6.42 Å². The van der Waals surface area contributed by atoms with E-state index in [0.29, 0.717) is 16.7 Å². The van der Waals surface area contributed by atoms with Crippen molar-refractivity contribution < 1.29 is 0 Å². The molecular weight excluding hydrogens is 144 g/mol. The second-order valence-electron chi connectivity index (χ2n) is 5.40. The molecule has 0 radical (unpaired) electrons. The molecule has 0 N–H and O–H groups in total. The minimum absolute atomic E-state index is 0.370. The molecule has 0 fully saturated rings. The van der Waals surface area contributed by atoms with E-state index in [9.17, 15) is 0 Å². The highest BCUT2D eigenvalue weighted by molar-refractivity contribution is 4.89. The number of allylic oxidation sites excluding steroid dienone is 1. The third-order valence-corrected chi connectivity index (χ3v) is 3.69. The summed E-state index contributed by atoms with van der Waals surface area (Å²) in [6.45, 7) is 17.7. The number of hydrogen-bond donors (Lipinski definition) is 0. The Labute approximate surface area is 78.1 Å². The van der Waals surface area contributed by atoms with Crippen molar-refractivity contribution in [3.63, 3.8) is 0 Å². The van der Waals surface area contributed by atoms with Gasteiger partial charge in [0, 0.05) is 0 Å². The van der Waals surface area contributed by atoms with Crippen LogP contribution < -0.4 is 0 Å². The standard InChI is InChI=1S/C12H24/c1-8-9-10(2)12(6,7)11(3,4)5/h8,10H,1,9H2,2-7H3. The van der Waals surface area contributed by atoms with Crippen LogP contribution >= 0.6 is 0 Å². The van der Waals surface area contributed by atoms with Gasteiger partial charge in [0.1, 0.15) is 0 Å². The van der Waals surface area contributed by atoms with Crippen molar-refractivity contribution in [3.8, 4) is 0 Å². The van der Waals surface area contributed by atoms with Crippen LogP contribution in [0.5, 0.6) is 0 Å². The zero-order valence-electron chi connectivity index (χ0n) is 9.57. The lowest BCUT2D eigenvalue weighted by Crippen LogP contribution is -2.35. The minimum atomic E-state index is 0.370. The maximum absolute atomic E-state index is 3.80. The van der Waals surface area contributed by atoms with E-state index in [2.05, 4.69) is 48.1 Å². The van der Waals surface area contributed by atoms with Crippen molar-refractivity contribution in [1.29, 1.82) is 0 Å². The Morgan fingerprint density at radius 1 is 1.17 bits per heavy atom. The fourth-order valence-corrected chi connectivity index (χ4v) is 1.28. The minimum Gasteiger partial charge on any atom is -0.103 e. The molecule has 0 aromatic heterocycles. The van der Waals surface area contributed by atoms with E-state index in [1.807, 2.05) is 6.08 Å². The zero-order chi connectivity index (χ0) is 9.99. The molecule has 0 nitrogen and oxygen atoms in total. The Hall–Kier alpha value is -0.260. The second-order valence-corrected chi connectivity index (χ2v) is 5.40. The molecule has 0 saturated heterocycles. The molecule has 0 bridgehead atoms. The Morgan fingerprint density at radius 3 is 1.83 bits per heavy atom. The summed E-state index contributed by atoms with van der Waals surface area (Å²) in [6, 6.07) is 0. The Bertz CT molecular complexity index is 146. The van der Waals surface area contributed by atoms with Crippen molar-refractivity contribution in [2.75, 3.05) is 0 Å². The highest BCUT2D eigenvalue weighted by Crippen LogP contribution is 2.45. The molecule has 0 aliphatic rings. The van der Waals surface area contributed by atoms with E-state index >= 15 is 0 Å². The molecule has 72 valence electrons. The molecule has 0 aromatic carbocycles. The summed E-state index contributed by atoms with van der Waals surface area (Å²) in [7, 11) is 0. The van der Waals surface area contributed by atoms with Gasteiger partial charge in [-0.3, -0.25) is 0 Å². The quantitative estimate of drug-likeness (QED) is 0.552. The van der Waals surface area contributed by atoms with Crippen molar-refractivity contribution in [2.45, 2.75) is 48.0 Å². The molecule has 0 aromatic rings. The smallest absolute Gasteiger partial charge is 0.0277 e. The topological polar surface area (TPSA) is 0 Å². The molecule has 0 rings (SSSR count). The van der Waals surface area contributed by atoms with Gasteiger partial charge in [-0.05, 0) is 23.2 Å². The summed E-state index contributed by atoms with van der Waals surface area (Å²) in [4.78, 5) is 0. The van der Waals surface area contributed by atoms with E-state index in [1.165, 1.54) is 0 Å². The first-order valence-corrected chi connectivity index (χ1v) is 4.84. The summed E-state index contributed by atoms with van der Waals surface area (Å²) >= 11 is 0. The second kappa shape index (κ2) is 3.64. The highest BCUT2D eigenvalue weighted by atomic mass is 14.4. The van der Waals surface area contributed by atoms with Gasteiger partial charge in [-0.1, -0.05) is 47.6 Å². The van der Waals surface area contributed by atoms with Crippen LogP contribution in [0.4, 0.5) is 0 Å². The Balaban J connectivity index is 4.48. The maximum atomic E-state index is 3.80. The molecular formula is C12H24. The summed E-state index contributed by atoms with van der Waals surface area (Å²) in [6.07, 6.45) is 3.14. The molecule has 1 atom stereocenters. The van der Waals surface area contributed by atoms with Crippen LogP contribution in [-0.4, -0.2) is 0 Å². The largest absolute Gasteiger partial charge is 0.103 e. The zero-order valence-corrected chi connectivity index (χ0v) is 9.57. The van der Waals surface area contributed by atoms with Gasteiger partial charge >= 0.3 is 0 Å². The molecule has 12 heavy (non-hydrogen) atoms. The molecule has 0 spiro atoms. The van der Waals surface area contributed by atoms with E-state index in [1.54, 1.807) is 0 Å². The monoisotopic (exact) mass is 168 g/mol. The van der Waals surface area contributed by atoms with E-state index < -0.39 is 0 Å². The molecule has 0 heterocycles. The highest BCUT2D eigenvalue weighted by Gasteiger charge is 2.36. The normalized spacial score (nSPS) is 15.8. The third kappa shape index (κ3) is 2.36. The number of rotatable bonds is 3. The van der Waals surface area contributed by atoms with Gasteiger partial charge in [0.15, 0.2) is 0 Å². The van der Waals surface area contributed by atoms with Gasteiger partial charge in [-0.2, -0.15) is 0 Å². The average Bonchev–Trinajstić information content (AvgIpc) is 1.85. The summed E-state index contributed by atoms with van der Waals surface area (Å²) < 4.78 is 0. The van der Waals surface area contributed by atoms with Crippen molar-refractivity contribution in [3.05, 3.63) is 12.7 Å². The summed E-state index contributed by atoms with van der Waals surface area (Å²) in [5, 5.41) is 0. The van der Waals surface area contributed by atoms with Gasteiger partial charge in [0.25, 0.3) is 0 Å². The fourth-order valence-electron chi connectivity index (χ4n) is 1.28. The van der Waals surface area contributed by atoms with Gasteiger partial charge in [-0.15, -0.1) is 6.58 Å². The van der Waals surface area contributed by atoms with Gasteiger partial charge in [-0.25, -0.2) is 0 Å². The van der Waals surface area contributed by atoms with Crippen LogP contribution in [0.2, 0.25) is 0 Å². The predicted molar refractivity (Wildman–Crippen MR) is 57.2 cm³/mol. The third-order valence-electron chi connectivity index (χ3n) is 3.69. The Morgan fingerprint density at radius 2 is 1.58 bits per heavy atom. The SMILES string of the molecule is C=CCC(C)C(C)(C)C(C)(C)C. The van der Waals surface area contributed by atoms with Crippen molar-refractivity contribution in [1.82, 2.24) is 0 Å². The summed E-state index contributed by atoms with van der Waals surface area (Å²) in [5.41, 5.74) is 0.747. The van der Waals surface area contributed by atoms with Crippen LogP contribution in [0.25, 0.3) is 0 Å². The fraction of sp³-hybridized carbons (Fsp3) is 0.833. The predicted octanol–water partition coefficient (Wildman–Crippen LogP) is 4.27. The summed E-state index contributed by atoms with van der Waals surface area (Å²) in [5.74, 6) is 0.704. The molecule has 0 heteroatoms. The van der Waals surface area contributed by atoms with Gasteiger partial charge < -0.3 is 0 Å². The van der Waals surface area contributed by atoms with Crippen LogP contribution in [0.3, 0.4) is 0 Å².